The summed E-state index contributed by atoms with van der Waals surface area (Å²) in [6.07, 6.45) is 2.10. The molecule has 0 atom stereocenters. The molecule has 0 aliphatic rings. The van der Waals surface area contributed by atoms with Gasteiger partial charge in [0.2, 0.25) is 0 Å². The van der Waals surface area contributed by atoms with Crippen LogP contribution in [0.5, 0.6) is 0 Å². The van der Waals surface area contributed by atoms with Crippen LogP contribution in [-0.2, 0) is 0 Å². The van der Waals surface area contributed by atoms with Crippen LogP contribution in [0, 0.1) is 6.92 Å². The fraction of sp³-hybridized carbons (Fsp3) is 0.500. The van der Waals surface area contributed by atoms with Gasteiger partial charge in [-0.05, 0) is 33.0 Å². The van der Waals surface area contributed by atoms with Crippen molar-refractivity contribution in [2.45, 2.75) is 20.3 Å². The molecular weight excluding hydrogens is 182 g/mol. The van der Waals surface area contributed by atoms with E-state index in [1.807, 2.05) is 25.4 Å². The highest BCUT2D eigenvalue weighted by Gasteiger charge is 1.89. The molecule has 0 aromatic carbocycles. The second-order valence-electron chi connectivity index (χ2n) is 2.71. The summed E-state index contributed by atoms with van der Waals surface area (Å²) in [6, 6.07) is 1.87. The molecule has 2 nitrogen and oxygen atoms in total. The Balaban J connectivity index is 0.000000252. The minimum atomic E-state index is 0.785. The second kappa shape index (κ2) is 7.95. The molecule has 0 radical (unpaired) electrons. The first-order valence-electron chi connectivity index (χ1n) is 4.39. The van der Waals surface area contributed by atoms with Gasteiger partial charge in [-0.2, -0.15) is 0 Å². The van der Waals surface area contributed by atoms with Gasteiger partial charge in [0, 0.05) is 15.8 Å². The van der Waals surface area contributed by atoms with E-state index in [-0.39, 0.29) is 0 Å². The average molecular weight is 199 g/mol. The number of carbonyl (C=O) groups is 1. The van der Waals surface area contributed by atoms with E-state index >= 15 is 0 Å². The minimum absolute atomic E-state index is 0.785. The topological polar surface area (TPSA) is 29.1 Å². The molecule has 13 heavy (non-hydrogen) atoms. The van der Waals surface area contributed by atoms with E-state index in [1.165, 1.54) is 11.3 Å². The van der Waals surface area contributed by atoms with Crippen LogP contribution in [-0.4, -0.2) is 19.9 Å². The van der Waals surface area contributed by atoms with E-state index in [1.54, 1.807) is 11.3 Å². The lowest BCUT2D eigenvalue weighted by Gasteiger charge is -1.84. The molecule has 1 heterocycles. The third-order valence-corrected chi connectivity index (χ3v) is 2.27. The Morgan fingerprint density at radius 1 is 1.62 bits per heavy atom. The van der Waals surface area contributed by atoms with Crippen LogP contribution in [0.25, 0.3) is 0 Å². The van der Waals surface area contributed by atoms with Gasteiger partial charge in [-0.25, -0.2) is 0 Å². The molecule has 0 unspecified atom stereocenters. The number of aldehydes is 1. The van der Waals surface area contributed by atoms with Gasteiger partial charge in [-0.3, -0.25) is 4.79 Å². The number of carbonyl (C=O) groups excluding carboxylic acids is 1. The van der Waals surface area contributed by atoms with Crippen molar-refractivity contribution < 1.29 is 4.79 Å². The number of hydrogen-bond acceptors (Lipinski definition) is 3. The molecule has 0 spiro atoms. The zero-order valence-corrected chi connectivity index (χ0v) is 9.28. The molecule has 0 aliphatic heterocycles. The Bertz CT molecular complexity index is 231. The van der Waals surface area contributed by atoms with E-state index < -0.39 is 0 Å². The lowest BCUT2D eigenvalue weighted by atomic mass is 10.3. The predicted octanol–water partition coefficient (Wildman–Crippen LogP) is 2.48. The first-order valence-corrected chi connectivity index (χ1v) is 5.27. The van der Waals surface area contributed by atoms with E-state index in [0.717, 1.165) is 18.4 Å². The highest BCUT2D eigenvalue weighted by Crippen LogP contribution is 2.09. The van der Waals surface area contributed by atoms with Crippen molar-refractivity contribution in [2.24, 2.45) is 0 Å². The van der Waals surface area contributed by atoms with E-state index in [9.17, 15) is 4.79 Å². The van der Waals surface area contributed by atoms with E-state index in [4.69, 9.17) is 0 Å². The highest BCUT2D eigenvalue weighted by molar-refractivity contribution is 7.10. The third-order valence-electron chi connectivity index (χ3n) is 1.39. The van der Waals surface area contributed by atoms with Crippen molar-refractivity contribution in [2.75, 3.05) is 13.6 Å². The van der Waals surface area contributed by atoms with Gasteiger partial charge < -0.3 is 5.32 Å². The summed E-state index contributed by atoms with van der Waals surface area (Å²) in [7, 11) is 1.96. The molecule has 0 saturated heterocycles. The molecule has 1 N–H and O–H groups in total. The highest BCUT2D eigenvalue weighted by atomic mass is 32.1. The van der Waals surface area contributed by atoms with Gasteiger partial charge >= 0.3 is 0 Å². The fourth-order valence-corrected chi connectivity index (χ4v) is 1.43. The van der Waals surface area contributed by atoms with Crippen LogP contribution in [0.3, 0.4) is 0 Å². The number of rotatable bonds is 3. The number of nitrogens with one attached hydrogen (secondary N) is 1. The summed E-state index contributed by atoms with van der Waals surface area (Å²) in [5.74, 6) is 0. The lowest BCUT2D eigenvalue weighted by molar-refractivity contribution is 0.112. The normalized spacial score (nSPS) is 8.85. The molecule has 1 rings (SSSR count). The van der Waals surface area contributed by atoms with Crippen LogP contribution in [0.15, 0.2) is 11.4 Å². The molecule has 3 heteroatoms. The summed E-state index contributed by atoms with van der Waals surface area (Å²) in [5, 5.41) is 4.87. The van der Waals surface area contributed by atoms with Crippen molar-refractivity contribution in [3.63, 3.8) is 0 Å². The number of hydrogen-bond donors (Lipinski definition) is 1. The number of aryl methyl sites for hydroxylation is 1. The van der Waals surface area contributed by atoms with Gasteiger partial charge in [0.15, 0.2) is 6.29 Å². The van der Waals surface area contributed by atoms with Crippen molar-refractivity contribution in [3.05, 3.63) is 21.9 Å². The molecule has 0 bridgehead atoms. The second-order valence-corrected chi connectivity index (χ2v) is 3.83. The average Bonchev–Trinajstić information content (AvgIpc) is 2.54. The zero-order chi connectivity index (χ0) is 10.1. The van der Waals surface area contributed by atoms with Crippen LogP contribution < -0.4 is 5.32 Å². The van der Waals surface area contributed by atoms with Crippen LogP contribution in [0.2, 0.25) is 0 Å². The lowest BCUT2D eigenvalue weighted by Crippen LogP contribution is -2.04. The zero-order valence-electron chi connectivity index (χ0n) is 8.46. The van der Waals surface area contributed by atoms with Crippen LogP contribution in [0.4, 0.5) is 0 Å². The molecule has 1 aromatic heterocycles. The molecular formula is C10H17NOS. The van der Waals surface area contributed by atoms with E-state index in [2.05, 4.69) is 12.2 Å². The fourth-order valence-electron chi connectivity index (χ4n) is 0.776. The monoisotopic (exact) mass is 199 g/mol. The molecule has 0 saturated carbocycles. The Morgan fingerprint density at radius 2 is 2.31 bits per heavy atom. The Labute approximate surface area is 84.0 Å². The Morgan fingerprint density at radius 3 is 2.46 bits per heavy atom. The molecule has 0 aliphatic carbocycles. The third kappa shape index (κ3) is 6.49. The first kappa shape index (κ1) is 12.3. The van der Waals surface area contributed by atoms with Crippen LogP contribution >= 0.6 is 11.3 Å². The van der Waals surface area contributed by atoms with Crippen molar-refractivity contribution in [3.8, 4) is 0 Å². The molecule has 1 aromatic rings. The SMILES string of the molecule is CCCNC.Cc1cc(C=O)cs1. The van der Waals surface area contributed by atoms with Gasteiger partial charge in [-0.1, -0.05) is 6.92 Å². The summed E-state index contributed by atoms with van der Waals surface area (Å²) >= 11 is 1.60. The maximum absolute atomic E-state index is 10.0. The maximum Gasteiger partial charge on any atom is 0.150 e. The Kier molecular flexibility index (Phi) is 7.54. The van der Waals surface area contributed by atoms with Crippen molar-refractivity contribution in [1.82, 2.24) is 5.32 Å². The van der Waals surface area contributed by atoms with Gasteiger partial charge in [-0.15, -0.1) is 11.3 Å². The smallest absolute Gasteiger partial charge is 0.150 e. The van der Waals surface area contributed by atoms with Gasteiger partial charge in [0.1, 0.15) is 0 Å². The van der Waals surface area contributed by atoms with Crippen LogP contribution in [0.1, 0.15) is 28.6 Å². The summed E-state index contributed by atoms with van der Waals surface area (Å²) < 4.78 is 0. The largest absolute Gasteiger partial charge is 0.320 e. The molecule has 0 fully saturated rings. The van der Waals surface area contributed by atoms with Crippen molar-refractivity contribution in [1.29, 1.82) is 0 Å². The number of thiophene rings is 1. The first-order chi connectivity index (χ1) is 6.24. The minimum Gasteiger partial charge on any atom is -0.320 e. The molecule has 0 amide bonds. The predicted molar refractivity (Wildman–Crippen MR) is 58.7 cm³/mol. The maximum atomic E-state index is 10.0. The molecule has 74 valence electrons. The summed E-state index contributed by atoms with van der Waals surface area (Å²) in [4.78, 5) is 11.2. The summed E-state index contributed by atoms with van der Waals surface area (Å²) in [5.41, 5.74) is 0.785. The van der Waals surface area contributed by atoms with Gasteiger partial charge in [0.25, 0.3) is 0 Å². The quantitative estimate of drug-likeness (QED) is 0.758. The van der Waals surface area contributed by atoms with Crippen molar-refractivity contribution >= 4 is 17.6 Å². The summed E-state index contributed by atoms with van der Waals surface area (Å²) in [6.45, 7) is 5.27. The van der Waals surface area contributed by atoms with Gasteiger partial charge in [0.05, 0.1) is 0 Å². The Hall–Kier alpha value is -0.670. The standard InChI is InChI=1S/C6H6OS.C4H11N/c1-5-2-6(3-7)4-8-5;1-3-4-5-2/h2-4H,1H3;5H,3-4H2,1-2H3. The van der Waals surface area contributed by atoms with E-state index in [0.29, 0.717) is 0 Å².